The van der Waals surface area contributed by atoms with E-state index in [4.69, 9.17) is 11.6 Å². The molecular weight excluding hydrogens is 419 g/mol. The van der Waals surface area contributed by atoms with Gasteiger partial charge in [-0.05, 0) is 32.0 Å². The van der Waals surface area contributed by atoms with Crippen molar-refractivity contribution in [2.45, 2.75) is 20.0 Å². The number of halogens is 4. The Morgan fingerprint density at radius 1 is 1.10 bits per heavy atom. The van der Waals surface area contributed by atoms with Crippen LogP contribution < -0.4 is 4.90 Å². The molecule has 0 bridgehead atoms. The van der Waals surface area contributed by atoms with Gasteiger partial charge in [0.25, 0.3) is 0 Å². The molecule has 0 radical (unpaired) electrons. The van der Waals surface area contributed by atoms with Crippen LogP contribution in [-0.4, -0.2) is 50.6 Å². The third-order valence-corrected chi connectivity index (χ3v) is 3.31. The smallest absolute Gasteiger partial charge is 0.465 e. The van der Waals surface area contributed by atoms with Crippen LogP contribution in [0.25, 0.3) is 0 Å². The first-order chi connectivity index (χ1) is 13.6. The quantitative estimate of drug-likeness (QED) is 0.503. The summed E-state index contributed by atoms with van der Waals surface area (Å²) in [6.45, 7) is 1.65. The highest BCUT2D eigenvalue weighted by atomic mass is 35.5. The zero-order valence-electron chi connectivity index (χ0n) is 15.5. The molecule has 0 spiro atoms. The number of ether oxygens (including phenoxy) is 3. The van der Waals surface area contributed by atoms with Gasteiger partial charge in [-0.2, -0.15) is 13.2 Å². The van der Waals surface area contributed by atoms with Crippen LogP contribution >= 0.6 is 11.6 Å². The highest BCUT2D eigenvalue weighted by Crippen LogP contribution is 2.28. The van der Waals surface area contributed by atoms with Crippen molar-refractivity contribution in [1.29, 1.82) is 0 Å². The molecule has 0 aromatic heterocycles. The predicted octanol–water partition coefficient (Wildman–Crippen LogP) is 3.32. The Morgan fingerprint density at radius 2 is 1.76 bits per heavy atom. The van der Waals surface area contributed by atoms with E-state index in [9.17, 15) is 27.6 Å². The van der Waals surface area contributed by atoms with E-state index in [1.165, 1.54) is 19.1 Å². The molecule has 0 aliphatic carbocycles. The fourth-order valence-corrected chi connectivity index (χ4v) is 2.16. The molecule has 0 saturated heterocycles. The normalized spacial score (nSPS) is 10.4. The molecule has 29 heavy (non-hydrogen) atoms. The van der Waals surface area contributed by atoms with E-state index in [0.29, 0.717) is 0 Å². The minimum absolute atomic E-state index is 0.0780. The Kier molecular flexibility index (Phi) is 9.28. The highest BCUT2D eigenvalue weighted by molar-refractivity contribution is 6.30. The lowest BCUT2D eigenvalue weighted by atomic mass is 10.1. The van der Waals surface area contributed by atoms with Crippen LogP contribution in [0.4, 0.5) is 23.7 Å². The van der Waals surface area contributed by atoms with Crippen molar-refractivity contribution in [3.05, 3.63) is 28.8 Å². The van der Waals surface area contributed by atoms with E-state index in [1.54, 1.807) is 6.92 Å². The van der Waals surface area contributed by atoms with E-state index in [-0.39, 0.29) is 34.4 Å². The number of amides is 1. The monoisotopic (exact) mass is 435 g/mol. The summed E-state index contributed by atoms with van der Waals surface area (Å²) in [5.41, 5.74) is -0.403. The van der Waals surface area contributed by atoms with Gasteiger partial charge < -0.3 is 14.2 Å². The Labute approximate surface area is 169 Å². The molecule has 0 N–H and O–H groups in total. The first kappa shape index (κ1) is 24.1. The average Bonchev–Trinajstić information content (AvgIpc) is 2.63. The molecule has 1 rings (SSSR count). The van der Waals surface area contributed by atoms with Crippen LogP contribution in [0.15, 0.2) is 18.2 Å². The topological polar surface area (TPSA) is 82.1 Å². The van der Waals surface area contributed by atoms with Crippen LogP contribution in [0.3, 0.4) is 0 Å². The van der Waals surface area contributed by atoms with Crippen LogP contribution in [0.5, 0.6) is 0 Å². The first-order valence-electron chi connectivity index (χ1n) is 8.22. The number of carbonyl (C=O) groups is 3. The molecule has 1 aromatic carbocycles. The number of esters is 1. The number of nitrogens with zero attached hydrogens (tertiary/aromatic N) is 1. The minimum atomic E-state index is -5.25. The van der Waals surface area contributed by atoms with Crippen LogP contribution in [-0.2, 0) is 23.8 Å². The van der Waals surface area contributed by atoms with E-state index >= 15 is 0 Å². The summed E-state index contributed by atoms with van der Waals surface area (Å²) in [6, 6.07) is 3.55. The molecule has 158 valence electrons. The van der Waals surface area contributed by atoms with Crippen LogP contribution in [0.1, 0.15) is 19.4 Å². The van der Waals surface area contributed by atoms with Gasteiger partial charge in [0.2, 0.25) is 0 Å². The number of anilines is 1. The number of carbonyl (C=O) groups excluding carboxylic acids is 3. The van der Waals surface area contributed by atoms with E-state index in [1.807, 2.05) is 0 Å². The molecule has 7 nitrogen and oxygen atoms in total. The third-order valence-electron chi connectivity index (χ3n) is 3.08. The Bertz CT molecular complexity index is 816. The summed E-state index contributed by atoms with van der Waals surface area (Å²) >= 11 is 5.86. The SMILES string of the molecule is CCOC(=O)CN(C(=O)C(F)(F)F)c1ccc(Cl)cc1C#CCOC(=O)OCC. The van der Waals surface area contributed by atoms with Crippen molar-refractivity contribution in [3.63, 3.8) is 0 Å². The molecule has 11 heteroatoms. The van der Waals surface area contributed by atoms with Gasteiger partial charge in [-0.15, -0.1) is 0 Å². The maximum atomic E-state index is 13.0. The maximum Gasteiger partial charge on any atom is 0.509 e. The number of alkyl halides is 3. The summed E-state index contributed by atoms with van der Waals surface area (Å²) < 4.78 is 52.9. The van der Waals surface area contributed by atoms with Crippen molar-refractivity contribution in [2.75, 3.05) is 31.3 Å². The van der Waals surface area contributed by atoms with Gasteiger partial charge in [-0.25, -0.2) is 4.79 Å². The van der Waals surface area contributed by atoms with Gasteiger partial charge in [0.15, 0.2) is 6.61 Å². The zero-order valence-corrected chi connectivity index (χ0v) is 16.2. The lowest BCUT2D eigenvalue weighted by Gasteiger charge is -2.24. The van der Waals surface area contributed by atoms with Gasteiger partial charge in [-0.3, -0.25) is 14.5 Å². The van der Waals surface area contributed by atoms with Crippen LogP contribution in [0, 0.1) is 11.8 Å². The molecule has 1 aromatic rings. The fraction of sp³-hybridized carbons (Fsp3) is 0.389. The number of hydrogen-bond donors (Lipinski definition) is 0. The van der Waals surface area contributed by atoms with Gasteiger partial charge in [-0.1, -0.05) is 23.4 Å². The average molecular weight is 436 g/mol. The summed E-state index contributed by atoms with van der Waals surface area (Å²) in [5.74, 6) is 1.55. The molecule has 0 aliphatic heterocycles. The third kappa shape index (κ3) is 7.91. The number of benzene rings is 1. The Hall–Kier alpha value is -2.93. The van der Waals surface area contributed by atoms with Crippen molar-refractivity contribution in [2.24, 2.45) is 0 Å². The molecular formula is C18H17ClF3NO6. The molecule has 0 atom stereocenters. The molecule has 1 amide bonds. The molecule has 0 aliphatic rings. The van der Waals surface area contributed by atoms with Crippen molar-refractivity contribution < 1.29 is 41.8 Å². The lowest BCUT2D eigenvalue weighted by Crippen LogP contribution is -2.44. The van der Waals surface area contributed by atoms with Crippen molar-refractivity contribution >= 4 is 35.3 Å². The van der Waals surface area contributed by atoms with Crippen molar-refractivity contribution in [3.8, 4) is 11.8 Å². The first-order valence-corrected chi connectivity index (χ1v) is 8.60. The van der Waals surface area contributed by atoms with Gasteiger partial charge in [0.05, 0.1) is 18.9 Å². The summed E-state index contributed by atoms with van der Waals surface area (Å²) in [7, 11) is 0. The Morgan fingerprint density at radius 3 is 2.34 bits per heavy atom. The summed E-state index contributed by atoms with van der Waals surface area (Å²) in [5, 5.41) is 0.125. The van der Waals surface area contributed by atoms with Gasteiger partial charge in [0.1, 0.15) is 6.54 Å². The van der Waals surface area contributed by atoms with Gasteiger partial charge >= 0.3 is 24.2 Å². The second-order valence-corrected chi connectivity index (χ2v) is 5.57. The number of rotatable bonds is 6. The fourth-order valence-electron chi connectivity index (χ4n) is 1.98. The molecule has 0 saturated carbocycles. The predicted molar refractivity (Wildman–Crippen MR) is 96.3 cm³/mol. The largest absolute Gasteiger partial charge is 0.509 e. The minimum Gasteiger partial charge on any atom is -0.465 e. The second kappa shape index (κ2) is 11.2. The lowest BCUT2D eigenvalue weighted by molar-refractivity contribution is -0.171. The molecule has 0 fully saturated rings. The summed E-state index contributed by atoms with van der Waals surface area (Å²) in [6.07, 6.45) is -6.21. The second-order valence-electron chi connectivity index (χ2n) is 5.13. The highest BCUT2D eigenvalue weighted by Gasteiger charge is 2.44. The summed E-state index contributed by atoms with van der Waals surface area (Å²) in [4.78, 5) is 34.9. The Balaban J connectivity index is 3.23. The molecule has 0 heterocycles. The van der Waals surface area contributed by atoms with Crippen LogP contribution in [0.2, 0.25) is 5.02 Å². The van der Waals surface area contributed by atoms with Gasteiger partial charge in [0, 0.05) is 10.6 Å². The standard InChI is InChI=1S/C18H17ClF3NO6/c1-3-27-15(24)11-23(16(25)18(20,21)22)14-8-7-13(19)10-12(14)6-5-9-29-17(26)28-4-2/h7-8,10H,3-4,9,11H2,1-2H3. The van der Waals surface area contributed by atoms with E-state index < -0.39 is 37.4 Å². The van der Waals surface area contributed by atoms with E-state index in [2.05, 4.69) is 26.1 Å². The van der Waals surface area contributed by atoms with Crippen molar-refractivity contribution in [1.82, 2.24) is 0 Å². The van der Waals surface area contributed by atoms with E-state index in [0.717, 1.165) is 6.07 Å². The zero-order chi connectivity index (χ0) is 22.0. The number of hydrogen-bond acceptors (Lipinski definition) is 6. The maximum absolute atomic E-state index is 13.0. The molecule has 0 unspecified atom stereocenters.